The molecule has 0 fully saturated rings. The van der Waals surface area contributed by atoms with E-state index in [0.29, 0.717) is 18.0 Å². The number of benzene rings is 1. The summed E-state index contributed by atoms with van der Waals surface area (Å²) in [4.78, 5) is 11.8. The molecule has 1 N–H and O–H groups in total. The van der Waals surface area contributed by atoms with Gasteiger partial charge in [-0.3, -0.25) is 9.00 Å². The Morgan fingerprint density at radius 2 is 2.05 bits per heavy atom. The molecule has 3 nitrogen and oxygen atoms in total. The number of amides is 1. The first-order chi connectivity index (χ1) is 9.40. The van der Waals surface area contributed by atoms with Gasteiger partial charge in [0.05, 0.1) is 0 Å². The second-order valence-corrected chi connectivity index (χ2v) is 7.03. The second-order valence-electron chi connectivity index (χ2n) is 5.27. The lowest BCUT2D eigenvalue weighted by molar-refractivity contribution is -0.120. The Balaban J connectivity index is 2.48. The fourth-order valence-corrected chi connectivity index (χ4v) is 2.74. The summed E-state index contributed by atoms with van der Waals surface area (Å²) in [5.41, 5.74) is 0.644. The normalized spacial score (nSPS) is 14.1. The Morgan fingerprint density at radius 3 is 2.65 bits per heavy atom. The van der Waals surface area contributed by atoms with Crippen LogP contribution in [-0.2, 0) is 21.3 Å². The molecule has 0 spiro atoms. The molecule has 0 radical (unpaired) electrons. The molecule has 0 bridgehead atoms. The van der Waals surface area contributed by atoms with Crippen LogP contribution in [0.1, 0.15) is 32.8 Å². The van der Waals surface area contributed by atoms with E-state index in [1.54, 1.807) is 19.1 Å². The first-order valence-corrected chi connectivity index (χ1v) is 8.17. The van der Waals surface area contributed by atoms with Crippen molar-refractivity contribution < 1.29 is 13.4 Å². The van der Waals surface area contributed by atoms with Gasteiger partial charge in [-0.25, -0.2) is 4.39 Å². The van der Waals surface area contributed by atoms with E-state index in [0.717, 1.165) is 6.42 Å². The zero-order valence-corrected chi connectivity index (χ0v) is 13.0. The lowest BCUT2D eigenvalue weighted by atomic mass is 10.1. The molecule has 1 amide bonds. The molecule has 20 heavy (non-hydrogen) atoms. The van der Waals surface area contributed by atoms with Gasteiger partial charge in [-0.1, -0.05) is 26.0 Å². The summed E-state index contributed by atoms with van der Waals surface area (Å²) in [6.45, 7) is 6.40. The van der Waals surface area contributed by atoms with Crippen molar-refractivity contribution in [2.45, 2.75) is 38.2 Å². The summed E-state index contributed by atoms with van der Waals surface area (Å²) in [6, 6.07) is 5.98. The van der Waals surface area contributed by atoms with Gasteiger partial charge >= 0.3 is 0 Å². The minimum Gasteiger partial charge on any atom is -0.355 e. The lowest BCUT2D eigenvalue weighted by Crippen LogP contribution is -2.36. The van der Waals surface area contributed by atoms with Crippen molar-refractivity contribution in [3.05, 3.63) is 35.6 Å². The molecule has 0 aliphatic rings. The van der Waals surface area contributed by atoms with E-state index in [9.17, 15) is 13.4 Å². The standard InChI is InChI=1S/C15H22FNO2S/c1-11(2)7-8-17-15(18)12(3)20(19)10-13-5-4-6-14(16)9-13/h4-6,9,11-12H,7-8,10H2,1-3H3,(H,17,18). The maximum absolute atomic E-state index is 13.0. The van der Waals surface area contributed by atoms with Crippen molar-refractivity contribution in [2.24, 2.45) is 5.92 Å². The average Bonchev–Trinajstić information content (AvgIpc) is 2.37. The largest absolute Gasteiger partial charge is 0.355 e. The maximum Gasteiger partial charge on any atom is 0.235 e. The van der Waals surface area contributed by atoms with Crippen LogP contribution in [0.25, 0.3) is 0 Å². The topological polar surface area (TPSA) is 46.2 Å². The van der Waals surface area contributed by atoms with Crippen molar-refractivity contribution in [1.82, 2.24) is 5.32 Å². The zero-order chi connectivity index (χ0) is 15.1. The molecule has 2 unspecified atom stereocenters. The summed E-state index contributed by atoms with van der Waals surface area (Å²) >= 11 is 0. The smallest absolute Gasteiger partial charge is 0.235 e. The van der Waals surface area contributed by atoms with Crippen LogP contribution in [0, 0.1) is 11.7 Å². The zero-order valence-electron chi connectivity index (χ0n) is 12.2. The number of hydrogen-bond acceptors (Lipinski definition) is 2. The Bertz CT molecular complexity index is 477. The lowest BCUT2D eigenvalue weighted by Gasteiger charge is -2.13. The Labute approximate surface area is 122 Å². The second kappa shape index (κ2) is 8.15. The van der Waals surface area contributed by atoms with Gasteiger partial charge in [0, 0.05) is 23.1 Å². The molecule has 1 aromatic rings. The highest BCUT2D eigenvalue weighted by molar-refractivity contribution is 7.85. The van der Waals surface area contributed by atoms with Crippen molar-refractivity contribution >= 4 is 16.7 Å². The molecule has 1 aromatic carbocycles. The van der Waals surface area contributed by atoms with Gasteiger partial charge in [-0.2, -0.15) is 0 Å². The highest BCUT2D eigenvalue weighted by Gasteiger charge is 2.19. The van der Waals surface area contributed by atoms with Crippen molar-refractivity contribution in [2.75, 3.05) is 6.54 Å². The van der Waals surface area contributed by atoms with Crippen LogP contribution < -0.4 is 5.32 Å². The van der Waals surface area contributed by atoms with E-state index >= 15 is 0 Å². The maximum atomic E-state index is 13.0. The number of hydrogen-bond donors (Lipinski definition) is 1. The number of carbonyl (C=O) groups is 1. The summed E-state index contributed by atoms with van der Waals surface area (Å²) in [5, 5.41) is 2.19. The van der Waals surface area contributed by atoms with E-state index in [1.807, 2.05) is 0 Å². The fraction of sp³-hybridized carbons (Fsp3) is 0.533. The van der Waals surface area contributed by atoms with E-state index in [4.69, 9.17) is 0 Å². The SMILES string of the molecule is CC(C)CCNC(=O)C(C)S(=O)Cc1cccc(F)c1. The van der Waals surface area contributed by atoms with Gasteiger partial charge in [-0.15, -0.1) is 0 Å². The molecular formula is C15H22FNO2S. The molecule has 5 heteroatoms. The van der Waals surface area contributed by atoms with Gasteiger partial charge < -0.3 is 5.32 Å². The Kier molecular flexibility index (Phi) is 6.85. The number of rotatable bonds is 7. The third-order valence-electron chi connectivity index (χ3n) is 2.98. The molecule has 1 rings (SSSR count). The third kappa shape index (κ3) is 5.82. The average molecular weight is 299 g/mol. The van der Waals surface area contributed by atoms with E-state index in [1.165, 1.54) is 12.1 Å². The van der Waals surface area contributed by atoms with E-state index in [2.05, 4.69) is 19.2 Å². The van der Waals surface area contributed by atoms with Gasteiger partial charge in [0.25, 0.3) is 0 Å². The quantitative estimate of drug-likeness (QED) is 0.841. The van der Waals surface area contributed by atoms with Gasteiger partial charge in [0.15, 0.2) is 0 Å². The predicted molar refractivity (Wildman–Crippen MR) is 80.2 cm³/mol. The summed E-state index contributed by atoms with van der Waals surface area (Å²) in [5.74, 6) is 0.147. The van der Waals surface area contributed by atoms with Crippen molar-refractivity contribution in [1.29, 1.82) is 0 Å². The molecule has 0 saturated heterocycles. The molecule has 2 atom stereocenters. The molecule has 0 aromatic heterocycles. The van der Waals surface area contributed by atoms with E-state index < -0.39 is 16.0 Å². The first kappa shape index (κ1) is 16.8. The number of carbonyl (C=O) groups excluding carboxylic acids is 1. The minimum atomic E-state index is -1.35. The van der Waals surface area contributed by atoms with E-state index in [-0.39, 0.29) is 17.5 Å². The van der Waals surface area contributed by atoms with Crippen LogP contribution in [0.15, 0.2) is 24.3 Å². The summed E-state index contributed by atoms with van der Waals surface area (Å²) < 4.78 is 25.1. The van der Waals surface area contributed by atoms with Gasteiger partial charge in [0.2, 0.25) is 5.91 Å². The Hall–Kier alpha value is -1.23. The molecule has 0 aliphatic heterocycles. The highest BCUT2D eigenvalue weighted by atomic mass is 32.2. The minimum absolute atomic E-state index is 0.191. The van der Waals surface area contributed by atoms with Crippen molar-refractivity contribution in [3.63, 3.8) is 0 Å². The first-order valence-electron chi connectivity index (χ1n) is 6.79. The molecule has 0 aliphatic carbocycles. The molecule has 0 heterocycles. The fourth-order valence-electron chi connectivity index (χ4n) is 1.66. The predicted octanol–water partition coefficient (Wildman–Crippen LogP) is 2.63. The van der Waals surface area contributed by atoms with Crippen LogP contribution in [0.2, 0.25) is 0 Å². The van der Waals surface area contributed by atoms with Gasteiger partial charge in [0.1, 0.15) is 11.1 Å². The molecular weight excluding hydrogens is 277 g/mol. The summed E-state index contributed by atoms with van der Waals surface area (Å²) in [7, 11) is -1.35. The molecule has 0 saturated carbocycles. The van der Waals surface area contributed by atoms with Crippen LogP contribution >= 0.6 is 0 Å². The highest BCUT2D eigenvalue weighted by Crippen LogP contribution is 2.09. The van der Waals surface area contributed by atoms with Gasteiger partial charge in [-0.05, 0) is 37.0 Å². The molecule has 112 valence electrons. The van der Waals surface area contributed by atoms with Crippen LogP contribution in [0.3, 0.4) is 0 Å². The van der Waals surface area contributed by atoms with Crippen LogP contribution in [-0.4, -0.2) is 21.9 Å². The van der Waals surface area contributed by atoms with Crippen LogP contribution in [0.4, 0.5) is 4.39 Å². The number of halogens is 1. The number of nitrogens with one attached hydrogen (secondary N) is 1. The summed E-state index contributed by atoms with van der Waals surface area (Å²) in [6.07, 6.45) is 0.898. The third-order valence-corrected chi connectivity index (χ3v) is 4.60. The monoisotopic (exact) mass is 299 g/mol. The Morgan fingerprint density at radius 1 is 1.35 bits per heavy atom. The van der Waals surface area contributed by atoms with Crippen molar-refractivity contribution in [3.8, 4) is 0 Å². The van der Waals surface area contributed by atoms with Crippen LogP contribution in [0.5, 0.6) is 0 Å².